The molecule has 0 unspecified atom stereocenters. The number of hydrogen-bond donors (Lipinski definition) is 1. The molecule has 3 rings (SSSR count). The van der Waals surface area contributed by atoms with Gasteiger partial charge >= 0.3 is 0 Å². The Kier molecular flexibility index (Phi) is 3.96. The van der Waals surface area contributed by atoms with Gasteiger partial charge in [-0.15, -0.1) is 0 Å². The van der Waals surface area contributed by atoms with Gasteiger partial charge < -0.3 is 5.32 Å². The lowest BCUT2D eigenvalue weighted by Gasteiger charge is -2.10. The summed E-state index contributed by atoms with van der Waals surface area (Å²) in [7, 11) is 0. The largest absolute Gasteiger partial charge is 0.354 e. The van der Waals surface area contributed by atoms with Crippen molar-refractivity contribution in [1.29, 1.82) is 5.26 Å². The Morgan fingerprint density at radius 1 is 0.905 bits per heavy atom. The number of nitrogens with one attached hydrogen (secondary N) is 1. The number of benzene rings is 3. The summed E-state index contributed by atoms with van der Waals surface area (Å²) in [5.74, 6) is 0. The lowest BCUT2D eigenvalue weighted by molar-refractivity contribution is 1.44. The van der Waals surface area contributed by atoms with Crippen molar-refractivity contribution in [3.8, 4) is 6.07 Å². The standard InChI is InChI=1S/C17H10Br2N2/c18-13-6-4-12-9-14(7-5-11(12)8-13)21-17-3-1-2-16(19)15(17)10-20/h1-9,21H. The number of fused-ring (bicyclic) bond motifs is 1. The number of rotatable bonds is 2. The van der Waals surface area contributed by atoms with Gasteiger partial charge in [-0.25, -0.2) is 0 Å². The predicted molar refractivity (Wildman–Crippen MR) is 93.8 cm³/mol. The maximum atomic E-state index is 9.25. The molecule has 2 nitrogen and oxygen atoms in total. The van der Waals surface area contributed by atoms with Crippen molar-refractivity contribution in [3.63, 3.8) is 0 Å². The van der Waals surface area contributed by atoms with Crippen molar-refractivity contribution in [2.24, 2.45) is 0 Å². The van der Waals surface area contributed by atoms with E-state index in [1.807, 2.05) is 30.3 Å². The molecule has 0 aromatic heterocycles. The third-order valence-electron chi connectivity index (χ3n) is 3.21. The highest BCUT2D eigenvalue weighted by atomic mass is 79.9. The summed E-state index contributed by atoms with van der Waals surface area (Å²) in [6.45, 7) is 0. The predicted octanol–water partition coefficient (Wildman–Crippen LogP) is 5.98. The highest BCUT2D eigenvalue weighted by molar-refractivity contribution is 9.10. The van der Waals surface area contributed by atoms with E-state index in [1.54, 1.807) is 0 Å². The van der Waals surface area contributed by atoms with Crippen LogP contribution in [0, 0.1) is 11.3 Å². The van der Waals surface area contributed by atoms with Gasteiger partial charge in [-0.3, -0.25) is 0 Å². The molecule has 102 valence electrons. The van der Waals surface area contributed by atoms with Crippen molar-refractivity contribution in [2.75, 3.05) is 5.32 Å². The molecule has 0 aliphatic carbocycles. The molecule has 0 saturated heterocycles. The zero-order chi connectivity index (χ0) is 14.8. The molecule has 0 amide bonds. The van der Waals surface area contributed by atoms with E-state index in [1.165, 1.54) is 5.39 Å². The highest BCUT2D eigenvalue weighted by Crippen LogP contribution is 2.29. The van der Waals surface area contributed by atoms with E-state index in [9.17, 15) is 5.26 Å². The first-order chi connectivity index (χ1) is 10.2. The van der Waals surface area contributed by atoms with E-state index in [0.717, 1.165) is 25.7 Å². The van der Waals surface area contributed by atoms with Gasteiger partial charge in [-0.05, 0) is 63.1 Å². The van der Waals surface area contributed by atoms with Gasteiger partial charge in [0.25, 0.3) is 0 Å². The third kappa shape index (κ3) is 2.94. The first-order valence-corrected chi connectivity index (χ1v) is 7.91. The highest BCUT2D eigenvalue weighted by Gasteiger charge is 2.06. The van der Waals surface area contributed by atoms with Crippen molar-refractivity contribution in [3.05, 3.63) is 69.1 Å². The molecule has 0 fully saturated rings. The van der Waals surface area contributed by atoms with E-state index in [4.69, 9.17) is 0 Å². The van der Waals surface area contributed by atoms with Crippen LogP contribution in [0.25, 0.3) is 10.8 Å². The zero-order valence-electron chi connectivity index (χ0n) is 10.9. The molecule has 0 heterocycles. The maximum Gasteiger partial charge on any atom is 0.103 e. The number of hydrogen-bond acceptors (Lipinski definition) is 2. The van der Waals surface area contributed by atoms with Crippen LogP contribution in [0.1, 0.15) is 5.56 Å². The molecule has 3 aromatic carbocycles. The first-order valence-electron chi connectivity index (χ1n) is 6.32. The van der Waals surface area contributed by atoms with Crippen LogP contribution in [-0.2, 0) is 0 Å². The second-order valence-corrected chi connectivity index (χ2v) is 6.38. The van der Waals surface area contributed by atoms with Crippen LogP contribution in [0.15, 0.2) is 63.5 Å². The molecule has 21 heavy (non-hydrogen) atoms. The Hall–Kier alpha value is -1.83. The molecule has 0 spiro atoms. The van der Waals surface area contributed by atoms with Gasteiger partial charge in [0.1, 0.15) is 6.07 Å². The minimum atomic E-state index is 0.605. The van der Waals surface area contributed by atoms with Crippen LogP contribution in [0.2, 0.25) is 0 Å². The molecule has 0 aliphatic heterocycles. The minimum absolute atomic E-state index is 0.605. The molecular weight excluding hydrogens is 392 g/mol. The molecule has 4 heteroatoms. The van der Waals surface area contributed by atoms with Crippen molar-refractivity contribution >= 4 is 54.0 Å². The summed E-state index contributed by atoms with van der Waals surface area (Å²) in [5, 5.41) is 14.9. The lowest BCUT2D eigenvalue weighted by atomic mass is 10.1. The molecule has 0 bridgehead atoms. The minimum Gasteiger partial charge on any atom is -0.354 e. The fourth-order valence-corrected chi connectivity index (χ4v) is 3.03. The second kappa shape index (κ2) is 5.88. The van der Waals surface area contributed by atoms with E-state index >= 15 is 0 Å². The van der Waals surface area contributed by atoms with E-state index in [0.29, 0.717) is 5.56 Å². The SMILES string of the molecule is N#Cc1c(Br)cccc1Nc1ccc2cc(Br)ccc2c1. The number of nitrogens with zero attached hydrogens (tertiary/aromatic N) is 1. The average Bonchev–Trinajstić information content (AvgIpc) is 2.48. The summed E-state index contributed by atoms with van der Waals surface area (Å²) >= 11 is 6.88. The van der Waals surface area contributed by atoms with Crippen molar-refractivity contribution in [1.82, 2.24) is 0 Å². The van der Waals surface area contributed by atoms with Gasteiger partial charge in [0.05, 0.1) is 11.3 Å². The third-order valence-corrected chi connectivity index (χ3v) is 4.36. The van der Waals surface area contributed by atoms with Crippen molar-refractivity contribution in [2.45, 2.75) is 0 Å². The van der Waals surface area contributed by atoms with Crippen LogP contribution in [0.5, 0.6) is 0 Å². The maximum absolute atomic E-state index is 9.25. The van der Waals surface area contributed by atoms with Crippen molar-refractivity contribution < 1.29 is 0 Å². The molecule has 0 saturated carbocycles. The Labute approximate surface area is 139 Å². The Morgan fingerprint density at radius 3 is 2.48 bits per heavy atom. The quantitative estimate of drug-likeness (QED) is 0.573. The van der Waals surface area contributed by atoms with Crippen LogP contribution in [0.3, 0.4) is 0 Å². The van der Waals surface area contributed by atoms with Crippen LogP contribution >= 0.6 is 31.9 Å². The summed E-state index contributed by atoms with van der Waals surface area (Å²) in [4.78, 5) is 0. The first kappa shape index (κ1) is 14.1. The molecule has 3 aromatic rings. The normalized spacial score (nSPS) is 10.3. The fraction of sp³-hybridized carbons (Fsp3) is 0. The van der Waals surface area contributed by atoms with Crippen LogP contribution in [-0.4, -0.2) is 0 Å². The number of anilines is 2. The Balaban J connectivity index is 2.01. The van der Waals surface area contributed by atoms with Gasteiger partial charge in [-0.2, -0.15) is 5.26 Å². The van der Waals surface area contributed by atoms with E-state index in [-0.39, 0.29) is 0 Å². The van der Waals surface area contributed by atoms with E-state index in [2.05, 4.69) is 67.5 Å². The van der Waals surface area contributed by atoms with Gasteiger partial charge in [-0.1, -0.05) is 34.1 Å². The fourth-order valence-electron chi connectivity index (χ4n) is 2.19. The molecule has 1 N–H and O–H groups in total. The summed E-state index contributed by atoms with van der Waals surface area (Å²) < 4.78 is 1.86. The van der Waals surface area contributed by atoms with Gasteiger partial charge in [0.15, 0.2) is 0 Å². The second-order valence-electron chi connectivity index (χ2n) is 4.61. The van der Waals surface area contributed by atoms with Crippen LogP contribution < -0.4 is 5.32 Å². The molecule has 0 aliphatic rings. The number of nitriles is 1. The zero-order valence-corrected chi connectivity index (χ0v) is 14.1. The molecule has 0 atom stereocenters. The number of halogens is 2. The van der Waals surface area contributed by atoms with Gasteiger partial charge in [0.2, 0.25) is 0 Å². The average molecular weight is 402 g/mol. The monoisotopic (exact) mass is 400 g/mol. The summed E-state index contributed by atoms with van der Waals surface area (Å²) in [6.07, 6.45) is 0. The summed E-state index contributed by atoms with van der Waals surface area (Å²) in [6, 6.07) is 20.2. The van der Waals surface area contributed by atoms with Crippen LogP contribution in [0.4, 0.5) is 11.4 Å². The summed E-state index contributed by atoms with van der Waals surface area (Å²) in [5.41, 5.74) is 2.36. The molecule has 0 radical (unpaired) electrons. The topological polar surface area (TPSA) is 35.8 Å². The Bertz CT molecular complexity index is 866. The van der Waals surface area contributed by atoms with E-state index < -0.39 is 0 Å². The molecular formula is C17H10Br2N2. The van der Waals surface area contributed by atoms with Gasteiger partial charge in [0, 0.05) is 14.6 Å². The Morgan fingerprint density at radius 2 is 1.67 bits per heavy atom. The lowest BCUT2D eigenvalue weighted by Crippen LogP contribution is -1.94. The smallest absolute Gasteiger partial charge is 0.103 e.